The first kappa shape index (κ1) is 22.8. The second-order valence-electron chi connectivity index (χ2n) is 7.45. The highest BCUT2D eigenvalue weighted by atomic mass is 35.5. The molecule has 1 atom stereocenters. The molecule has 2 aromatic heterocycles. The predicted octanol–water partition coefficient (Wildman–Crippen LogP) is 4.12. The van der Waals surface area contributed by atoms with E-state index in [0.717, 1.165) is 29.2 Å². The van der Waals surface area contributed by atoms with Crippen LogP contribution in [0.2, 0.25) is 5.02 Å². The van der Waals surface area contributed by atoms with Crippen LogP contribution in [0, 0.1) is 11.3 Å². The van der Waals surface area contributed by atoms with Gasteiger partial charge in [-0.1, -0.05) is 17.7 Å². The number of anilines is 2. The third kappa shape index (κ3) is 4.84. The molecule has 0 radical (unpaired) electrons. The van der Waals surface area contributed by atoms with Crippen LogP contribution in [0.15, 0.2) is 42.9 Å². The van der Waals surface area contributed by atoms with Gasteiger partial charge in [0.2, 0.25) is 0 Å². The van der Waals surface area contributed by atoms with Crippen LogP contribution in [0.3, 0.4) is 0 Å². The van der Waals surface area contributed by atoms with Crippen molar-refractivity contribution in [3.8, 4) is 6.07 Å². The molecule has 2 N–H and O–H groups in total. The number of aromatic nitrogens is 3. The molecule has 0 amide bonds. The van der Waals surface area contributed by atoms with Crippen molar-refractivity contribution in [1.82, 2.24) is 15.0 Å². The lowest BCUT2D eigenvalue weighted by atomic mass is 10.0. The number of fused-ring (bicyclic) bond motifs is 1. The van der Waals surface area contributed by atoms with E-state index in [4.69, 9.17) is 11.6 Å². The van der Waals surface area contributed by atoms with Gasteiger partial charge in [0.05, 0.1) is 29.6 Å². The van der Waals surface area contributed by atoms with Crippen LogP contribution in [0.1, 0.15) is 34.1 Å². The Balaban J connectivity index is 1.60. The molecule has 3 heterocycles. The van der Waals surface area contributed by atoms with Gasteiger partial charge < -0.3 is 15.3 Å². The normalized spacial score (nSPS) is 14.4. The van der Waals surface area contributed by atoms with Crippen LogP contribution < -0.4 is 10.2 Å². The summed E-state index contributed by atoms with van der Waals surface area (Å²) >= 11 is 6.02. The lowest BCUT2D eigenvalue weighted by Crippen LogP contribution is -2.33. The van der Waals surface area contributed by atoms with E-state index in [9.17, 15) is 23.5 Å². The maximum absolute atomic E-state index is 12.8. The molecule has 0 saturated heterocycles. The van der Waals surface area contributed by atoms with E-state index in [1.54, 1.807) is 18.2 Å². The number of benzene rings is 1. The first-order chi connectivity index (χ1) is 15.8. The van der Waals surface area contributed by atoms with Crippen molar-refractivity contribution < 1.29 is 18.3 Å². The number of nitrogens with zero attached hydrogens (tertiary/aromatic N) is 5. The Morgan fingerprint density at radius 2 is 2.03 bits per heavy atom. The van der Waals surface area contributed by atoms with E-state index < -0.39 is 17.9 Å². The smallest absolute Gasteiger partial charge is 0.394 e. The number of nitriles is 1. The summed E-state index contributed by atoms with van der Waals surface area (Å²) in [5.41, 5.74) is 2.15. The highest BCUT2D eigenvalue weighted by Crippen LogP contribution is 2.32. The van der Waals surface area contributed by atoms with Crippen LogP contribution in [-0.2, 0) is 19.1 Å². The van der Waals surface area contributed by atoms with Gasteiger partial charge in [-0.05, 0) is 29.8 Å². The Hall–Kier alpha value is -3.42. The highest BCUT2D eigenvalue weighted by Gasteiger charge is 2.32. The molecule has 0 fully saturated rings. The summed E-state index contributed by atoms with van der Waals surface area (Å²) in [6.07, 6.45) is -1.45. The summed E-state index contributed by atoms with van der Waals surface area (Å²) in [5, 5.41) is 22.9. The fraction of sp³-hybridized carbons (Fsp3) is 0.273. The van der Waals surface area contributed by atoms with Crippen molar-refractivity contribution in [1.29, 1.82) is 5.26 Å². The van der Waals surface area contributed by atoms with Crippen molar-refractivity contribution in [2.75, 3.05) is 23.4 Å². The molecule has 170 valence electrons. The molecule has 33 heavy (non-hydrogen) atoms. The number of hydrogen-bond acceptors (Lipinski definition) is 7. The fourth-order valence-electron chi connectivity index (χ4n) is 3.72. The molecule has 0 aliphatic carbocycles. The maximum atomic E-state index is 12.8. The van der Waals surface area contributed by atoms with Crippen molar-refractivity contribution in [3.63, 3.8) is 0 Å². The third-order valence-corrected chi connectivity index (χ3v) is 5.63. The molecule has 3 aromatic rings. The number of nitrogens with one attached hydrogen (secondary N) is 1. The van der Waals surface area contributed by atoms with Gasteiger partial charge in [0.1, 0.15) is 23.9 Å². The van der Waals surface area contributed by atoms with E-state index in [1.165, 1.54) is 12.4 Å². The van der Waals surface area contributed by atoms with Crippen LogP contribution >= 0.6 is 11.6 Å². The number of aliphatic hydroxyl groups is 1. The topological polar surface area (TPSA) is 98.0 Å². The molecule has 0 unspecified atom stereocenters. The first-order valence-electron chi connectivity index (χ1n) is 9.98. The minimum Gasteiger partial charge on any atom is -0.394 e. The average Bonchev–Trinajstić information content (AvgIpc) is 2.81. The summed E-state index contributed by atoms with van der Waals surface area (Å²) in [5.74, 6) is 0.455. The van der Waals surface area contributed by atoms with Gasteiger partial charge in [-0.2, -0.15) is 18.4 Å². The van der Waals surface area contributed by atoms with E-state index in [2.05, 4.69) is 26.3 Å². The molecule has 0 saturated carbocycles. The number of aliphatic hydroxyl groups excluding tert-OH is 1. The zero-order valence-electron chi connectivity index (χ0n) is 17.1. The van der Waals surface area contributed by atoms with Crippen LogP contribution in [0.5, 0.6) is 0 Å². The maximum Gasteiger partial charge on any atom is 0.433 e. The Kier molecular flexibility index (Phi) is 6.35. The lowest BCUT2D eigenvalue weighted by Gasteiger charge is -2.32. The molecular formula is C22H18ClF3N6O. The monoisotopic (exact) mass is 474 g/mol. The lowest BCUT2D eigenvalue weighted by molar-refractivity contribution is -0.141. The molecule has 1 aliphatic rings. The van der Waals surface area contributed by atoms with Gasteiger partial charge in [-0.3, -0.25) is 4.98 Å². The summed E-state index contributed by atoms with van der Waals surface area (Å²) < 4.78 is 38.4. The SMILES string of the molecule is N#Cc1cc(Cl)ccc1N1CCc2ncnc(N[C@H](CO)c3ccc(C(F)(F)F)nc3)c2C1. The number of rotatable bonds is 5. The predicted molar refractivity (Wildman–Crippen MR) is 116 cm³/mol. The van der Waals surface area contributed by atoms with Crippen LogP contribution in [0.4, 0.5) is 24.7 Å². The Morgan fingerprint density at radius 1 is 1.21 bits per heavy atom. The van der Waals surface area contributed by atoms with Gasteiger partial charge >= 0.3 is 6.18 Å². The van der Waals surface area contributed by atoms with E-state index >= 15 is 0 Å². The number of halogens is 4. The van der Waals surface area contributed by atoms with Crippen molar-refractivity contribution >= 4 is 23.1 Å². The van der Waals surface area contributed by atoms with E-state index in [-0.39, 0.29) is 6.61 Å². The molecule has 4 rings (SSSR count). The van der Waals surface area contributed by atoms with E-state index in [1.807, 2.05) is 4.90 Å². The van der Waals surface area contributed by atoms with Gasteiger partial charge in [-0.15, -0.1) is 0 Å². The molecular weight excluding hydrogens is 457 g/mol. The number of hydrogen-bond donors (Lipinski definition) is 2. The number of alkyl halides is 3. The standard InChI is InChI=1S/C22H18ClF3N6O/c23-15-2-3-19(14(7-15)8-27)32-6-5-17-16(10-32)21(30-12-29-17)31-18(11-33)13-1-4-20(28-9-13)22(24,25)26/h1-4,7,9,12,18,33H,5-6,10-11H2,(H,29,30,31)/t18-/m1/s1. The van der Waals surface area contributed by atoms with Gasteiger partial charge in [0.15, 0.2) is 0 Å². The second-order valence-corrected chi connectivity index (χ2v) is 7.88. The van der Waals surface area contributed by atoms with Crippen molar-refractivity contribution in [3.05, 3.63) is 76.0 Å². The summed E-state index contributed by atoms with van der Waals surface area (Å²) in [7, 11) is 0. The second kappa shape index (κ2) is 9.21. The third-order valence-electron chi connectivity index (χ3n) is 5.39. The molecule has 7 nitrogen and oxygen atoms in total. The Bertz CT molecular complexity index is 1200. The highest BCUT2D eigenvalue weighted by molar-refractivity contribution is 6.30. The van der Waals surface area contributed by atoms with Gasteiger partial charge in [0.25, 0.3) is 0 Å². The molecule has 11 heteroatoms. The zero-order chi connectivity index (χ0) is 23.6. The van der Waals surface area contributed by atoms with Gasteiger partial charge in [0, 0.05) is 36.3 Å². The fourth-order valence-corrected chi connectivity index (χ4v) is 3.90. The molecule has 0 bridgehead atoms. The summed E-state index contributed by atoms with van der Waals surface area (Å²) in [6, 6.07) is 8.69. The zero-order valence-corrected chi connectivity index (χ0v) is 17.9. The van der Waals surface area contributed by atoms with Crippen LogP contribution in [0.25, 0.3) is 0 Å². The first-order valence-corrected chi connectivity index (χ1v) is 10.4. The summed E-state index contributed by atoms with van der Waals surface area (Å²) in [6.45, 7) is 0.648. The Labute approximate surface area is 192 Å². The van der Waals surface area contributed by atoms with Crippen LogP contribution in [-0.4, -0.2) is 33.2 Å². The van der Waals surface area contributed by atoms with Gasteiger partial charge in [-0.25, -0.2) is 9.97 Å². The number of pyridine rings is 1. The average molecular weight is 475 g/mol. The van der Waals surface area contributed by atoms with E-state index in [0.29, 0.717) is 41.5 Å². The minimum absolute atomic E-state index is 0.384. The molecule has 0 spiro atoms. The molecule has 1 aromatic carbocycles. The molecule has 1 aliphatic heterocycles. The summed E-state index contributed by atoms with van der Waals surface area (Å²) in [4.78, 5) is 14.1. The Morgan fingerprint density at radius 3 is 2.70 bits per heavy atom. The van der Waals surface area contributed by atoms with Crippen molar-refractivity contribution in [2.45, 2.75) is 25.2 Å². The largest absolute Gasteiger partial charge is 0.433 e. The van der Waals surface area contributed by atoms with Crippen molar-refractivity contribution in [2.24, 2.45) is 0 Å². The minimum atomic E-state index is -4.54. The quantitative estimate of drug-likeness (QED) is 0.574.